The van der Waals surface area contributed by atoms with Crippen LogP contribution >= 0.6 is 0 Å². The molecule has 0 aliphatic rings. The van der Waals surface area contributed by atoms with Gasteiger partial charge in [0.05, 0.1) is 7.05 Å². The molecule has 0 aliphatic heterocycles. The van der Waals surface area contributed by atoms with E-state index in [2.05, 4.69) is 10.1 Å². The Labute approximate surface area is 98.9 Å². The molecule has 0 saturated heterocycles. The maximum absolute atomic E-state index is 11.7. The first-order valence-corrected chi connectivity index (χ1v) is 5.52. The van der Waals surface area contributed by atoms with Crippen LogP contribution in [0.5, 0.6) is 0 Å². The molecule has 0 unspecified atom stereocenters. The zero-order valence-electron chi connectivity index (χ0n) is 9.74. The van der Waals surface area contributed by atoms with E-state index in [1.165, 1.54) is 6.33 Å². The van der Waals surface area contributed by atoms with Crippen LogP contribution < -0.4 is 4.57 Å². The van der Waals surface area contributed by atoms with Crippen LogP contribution in [0.15, 0.2) is 29.6 Å². The third kappa shape index (κ3) is 3.51. The SMILES string of the molecule is C[n+]1ccn(CC(=O)CCCc2ncno2)c1. The van der Waals surface area contributed by atoms with Gasteiger partial charge in [0.2, 0.25) is 12.2 Å². The highest BCUT2D eigenvalue weighted by Gasteiger charge is 2.08. The zero-order chi connectivity index (χ0) is 12.1. The number of aromatic nitrogens is 4. The van der Waals surface area contributed by atoms with Gasteiger partial charge in [-0.3, -0.25) is 4.79 Å². The van der Waals surface area contributed by atoms with Crippen molar-refractivity contribution in [3.05, 3.63) is 30.9 Å². The van der Waals surface area contributed by atoms with Gasteiger partial charge in [0, 0.05) is 12.8 Å². The fourth-order valence-corrected chi connectivity index (χ4v) is 1.62. The molecule has 90 valence electrons. The number of imidazole rings is 1. The van der Waals surface area contributed by atoms with E-state index in [1.54, 1.807) is 0 Å². The highest BCUT2D eigenvalue weighted by atomic mass is 16.5. The molecule has 6 heteroatoms. The maximum Gasteiger partial charge on any atom is 0.243 e. The van der Waals surface area contributed by atoms with Crippen LogP contribution in [0.4, 0.5) is 0 Å². The van der Waals surface area contributed by atoms with Gasteiger partial charge in [-0.15, -0.1) is 0 Å². The summed E-state index contributed by atoms with van der Waals surface area (Å²) in [5.74, 6) is 0.797. The van der Waals surface area contributed by atoms with E-state index in [4.69, 9.17) is 4.52 Å². The van der Waals surface area contributed by atoms with E-state index in [0.29, 0.717) is 25.3 Å². The molecule has 0 radical (unpaired) electrons. The van der Waals surface area contributed by atoms with Crippen molar-refractivity contribution in [1.82, 2.24) is 14.7 Å². The lowest BCUT2D eigenvalue weighted by atomic mass is 10.2. The molecule has 0 fully saturated rings. The van der Waals surface area contributed by atoms with E-state index >= 15 is 0 Å². The Balaban J connectivity index is 1.71. The van der Waals surface area contributed by atoms with E-state index in [-0.39, 0.29) is 5.78 Å². The fraction of sp³-hybridized carbons (Fsp3) is 0.455. The van der Waals surface area contributed by atoms with Crippen LogP contribution in [0.2, 0.25) is 0 Å². The van der Waals surface area contributed by atoms with Gasteiger partial charge in [0.25, 0.3) is 0 Å². The van der Waals surface area contributed by atoms with Crippen LogP contribution in [0.3, 0.4) is 0 Å². The summed E-state index contributed by atoms with van der Waals surface area (Å²) < 4.78 is 8.63. The lowest BCUT2D eigenvalue weighted by Crippen LogP contribution is -2.24. The summed E-state index contributed by atoms with van der Waals surface area (Å²) in [6.07, 6.45) is 8.98. The van der Waals surface area contributed by atoms with Gasteiger partial charge < -0.3 is 4.52 Å². The number of nitrogens with zero attached hydrogens (tertiary/aromatic N) is 4. The summed E-state index contributed by atoms with van der Waals surface area (Å²) in [6, 6.07) is 0. The zero-order valence-corrected chi connectivity index (χ0v) is 9.74. The van der Waals surface area contributed by atoms with Crippen molar-refractivity contribution in [2.24, 2.45) is 7.05 Å². The molecule has 0 atom stereocenters. The number of hydrogen-bond donors (Lipinski definition) is 0. The molecule has 0 N–H and O–H groups in total. The standard InChI is InChI=1S/C11H15N4O2/c1-14-5-6-15(9-14)7-10(16)3-2-4-11-12-8-13-17-11/h5-6,8-9H,2-4,7H2,1H3/q+1. The Hall–Kier alpha value is -1.98. The van der Waals surface area contributed by atoms with E-state index in [9.17, 15) is 4.79 Å². The minimum absolute atomic E-state index is 0.209. The number of hydrogen-bond acceptors (Lipinski definition) is 4. The molecule has 0 saturated carbocycles. The van der Waals surface area contributed by atoms with Crippen LogP contribution in [-0.4, -0.2) is 20.5 Å². The number of Topliss-reactive ketones (excluding diaryl/α,β-unsaturated/α-hetero) is 1. The fourth-order valence-electron chi connectivity index (χ4n) is 1.62. The van der Waals surface area contributed by atoms with Gasteiger partial charge in [-0.2, -0.15) is 4.98 Å². The monoisotopic (exact) mass is 235 g/mol. The number of aryl methyl sites for hydroxylation is 2. The van der Waals surface area contributed by atoms with Gasteiger partial charge in [0.1, 0.15) is 18.9 Å². The van der Waals surface area contributed by atoms with E-state index in [0.717, 1.165) is 6.42 Å². The summed E-state index contributed by atoms with van der Waals surface area (Å²) in [5.41, 5.74) is 0. The molecule has 2 rings (SSSR count). The largest absolute Gasteiger partial charge is 0.340 e. The molecule has 2 aromatic heterocycles. The quantitative estimate of drug-likeness (QED) is 0.675. The lowest BCUT2D eigenvalue weighted by Gasteiger charge is -1.96. The molecule has 6 nitrogen and oxygen atoms in total. The number of carbonyl (C=O) groups excluding carboxylic acids is 1. The van der Waals surface area contributed by atoms with Crippen LogP contribution in [-0.2, 0) is 24.8 Å². The van der Waals surface area contributed by atoms with Gasteiger partial charge in [-0.05, 0) is 6.42 Å². The third-order valence-electron chi connectivity index (χ3n) is 2.44. The lowest BCUT2D eigenvalue weighted by molar-refractivity contribution is -0.671. The number of ketones is 1. The minimum atomic E-state index is 0.209. The van der Waals surface area contributed by atoms with Crippen LogP contribution in [0, 0.1) is 0 Å². The molecule has 0 bridgehead atoms. The van der Waals surface area contributed by atoms with E-state index < -0.39 is 0 Å². The van der Waals surface area contributed by atoms with Crippen molar-refractivity contribution in [2.75, 3.05) is 0 Å². The van der Waals surface area contributed by atoms with Crippen molar-refractivity contribution < 1.29 is 13.9 Å². The van der Waals surface area contributed by atoms with Crippen LogP contribution in [0.1, 0.15) is 18.7 Å². The predicted molar refractivity (Wildman–Crippen MR) is 57.9 cm³/mol. The smallest absolute Gasteiger partial charge is 0.243 e. The molecule has 2 heterocycles. The second-order valence-electron chi connectivity index (χ2n) is 3.98. The summed E-state index contributed by atoms with van der Waals surface area (Å²) in [7, 11) is 1.93. The molecule has 17 heavy (non-hydrogen) atoms. The summed E-state index contributed by atoms with van der Waals surface area (Å²) in [5, 5.41) is 3.51. The average Bonchev–Trinajstić information content (AvgIpc) is 2.90. The highest BCUT2D eigenvalue weighted by Crippen LogP contribution is 2.01. The topological polar surface area (TPSA) is 64.8 Å². The Morgan fingerprint density at radius 2 is 2.47 bits per heavy atom. The normalized spacial score (nSPS) is 10.6. The molecule has 0 amide bonds. The maximum atomic E-state index is 11.7. The molecule has 0 spiro atoms. The third-order valence-corrected chi connectivity index (χ3v) is 2.44. The molecule has 0 aromatic carbocycles. The van der Waals surface area contributed by atoms with Gasteiger partial charge >= 0.3 is 0 Å². The van der Waals surface area contributed by atoms with Crippen LogP contribution in [0.25, 0.3) is 0 Å². The number of rotatable bonds is 6. The van der Waals surface area contributed by atoms with Gasteiger partial charge in [0.15, 0.2) is 12.1 Å². The summed E-state index contributed by atoms with van der Waals surface area (Å²) in [6.45, 7) is 0.421. The Bertz CT molecular complexity index is 475. The molecular formula is C11H15N4O2+. The summed E-state index contributed by atoms with van der Waals surface area (Å²) in [4.78, 5) is 15.6. The first kappa shape index (κ1) is 11.5. The highest BCUT2D eigenvalue weighted by molar-refractivity contribution is 5.78. The summed E-state index contributed by atoms with van der Waals surface area (Å²) >= 11 is 0. The van der Waals surface area contributed by atoms with Crippen molar-refractivity contribution in [3.63, 3.8) is 0 Å². The first-order valence-electron chi connectivity index (χ1n) is 5.52. The van der Waals surface area contributed by atoms with Crippen molar-refractivity contribution in [1.29, 1.82) is 0 Å². The predicted octanol–water partition coefficient (Wildman–Crippen LogP) is 0.288. The Kier molecular flexibility index (Phi) is 3.64. The molecular weight excluding hydrogens is 220 g/mol. The second-order valence-corrected chi connectivity index (χ2v) is 3.98. The Morgan fingerprint density at radius 1 is 1.59 bits per heavy atom. The molecule has 0 aliphatic carbocycles. The number of carbonyl (C=O) groups is 1. The second kappa shape index (κ2) is 5.38. The van der Waals surface area contributed by atoms with Gasteiger partial charge in [-0.1, -0.05) is 5.16 Å². The van der Waals surface area contributed by atoms with Crippen molar-refractivity contribution in [2.45, 2.75) is 25.8 Å². The average molecular weight is 235 g/mol. The Morgan fingerprint density at radius 3 is 3.12 bits per heavy atom. The van der Waals surface area contributed by atoms with Gasteiger partial charge in [-0.25, -0.2) is 9.13 Å². The minimum Gasteiger partial charge on any atom is -0.340 e. The first-order chi connectivity index (χ1) is 8.24. The van der Waals surface area contributed by atoms with E-state index in [1.807, 2.05) is 34.9 Å². The molecule has 2 aromatic rings. The van der Waals surface area contributed by atoms with Crippen molar-refractivity contribution >= 4 is 5.78 Å². The van der Waals surface area contributed by atoms with Crippen molar-refractivity contribution in [3.8, 4) is 0 Å².